The van der Waals surface area contributed by atoms with Crippen molar-refractivity contribution in [3.05, 3.63) is 0 Å². The Balaban J connectivity index is 1.51. The molecule has 0 bridgehead atoms. The van der Waals surface area contributed by atoms with E-state index >= 15 is 0 Å². The fourth-order valence-electron chi connectivity index (χ4n) is 10.8. The number of hydrogen-bond acceptors (Lipinski definition) is 5. The molecule has 0 radical (unpaired) electrons. The number of nitrogens with one attached hydrogen (secondary N) is 1. The Morgan fingerprint density at radius 1 is 1.00 bits per heavy atom. The Kier molecular flexibility index (Phi) is 8.45. The van der Waals surface area contributed by atoms with E-state index in [4.69, 9.17) is 4.55 Å². The standard InChI is InChI=1S/C30H53NO6S/c1-7-21-25-17-20(32)10-12-29(25,5)24-11-13-28(4)22(8-9-23(28)26(24)30(21,6)34)18(2)16-19(3)27(33)31-14-15-38(35,36)37/h18-26,32,34H,7-17H2,1-6H3,(H,31,33)(H,35,36,37)/t18-,19+,20+,21+,22+,23?,24?,25-,26?,28+,29+,30+/m0/s1. The number of fused-ring (bicyclic) bond motifs is 5. The molecule has 4 aliphatic carbocycles. The lowest BCUT2D eigenvalue weighted by molar-refractivity contribution is -0.245. The summed E-state index contributed by atoms with van der Waals surface area (Å²) in [5, 5.41) is 25.6. The van der Waals surface area contributed by atoms with Crippen molar-refractivity contribution in [2.75, 3.05) is 12.3 Å². The Labute approximate surface area is 230 Å². The number of carbonyl (C=O) groups excluding carboxylic acids is 1. The average Bonchev–Trinajstić information content (AvgIpc) is 3.16. The molecule has 1 amide bonds. The van der Waals surface area contributed by atoms with Crippen LogP contribution in [0.1, 0.15) is 99.3 Å². The second-order valence-corrected chi connectivity index (χ2v) is 16.0. The lowest BCUT2D eigenvalue weighted by atomic mass is 9.38. The van der Waals surface area contributed by atoms with Gasteiger partial charge >= 0.3 is 0 Å². The van der Waals surface area contributed by atoms with Crippen molar-refractivity contribution in [3.8, 4) is 0 Å². The number of aliphatic hydroxyl groups excluding tert-OH is 1. The summed E-state index contributed by atoms with van der Waals surface area (Å²) in [6.07, 6.45) is 8.71. The molecule has 4 fully saturated rings. The Hall–Kier alpha value is -0.700. The SMILES string of the molecule is CC[C@@H]1[C@@H]2C[C@H](O)CC[C@]2(C)C2CC[C@@]3(C)C(CC[C@@H]3[C@@H](C)C[C@@H](C)C(=O)NCCS(=O)(=O)O)C2[C@]1(C)O. The van der Waals surface area contributed by atoms with E-state index in [0.29, 0.717) is 29.6 Å². The third-order valence-corrected chi connectivity index (χ3v) is 13.2. The molecule has 0 aromatic carbocycles. The van der Waals surface area contributed by atoms with Crippen LogP contribution in [-0.4, -0.2) is 53.1 Å². The summed E-state index contributed by atoms with van der Waals surface area (Å²) in [5.74, 6) is 1.73. The van der Waals surface area contributed by atoms with Crippen molar-refractivity contribution in [2.45, 2.75) is 111 Å². The molecule has 0 aromatic rings. The van der Waals surface area contributed by atoms with Gasteiger partial charge in [0.25, 0.3) is 10.1 Å². The maximum atomic E-state index is 12.6. The lowest BCUT2D eigenvalue weighted by Crippen LogP contribution is -2.66. The van der Waals surface area contributed by atoms with Crippen molar-refractivity contribution < 1.29 is 28.0 Å². The smallest absolute Gasteiger partial charge is 0.266 e. The number of carbonyl (C=O) groups is 1. The molecule has 8 heteroatoms. The minimum absolute atomic E-state index is 0.0762. The van der Waals surface area contributed by atoms with Crippen LogP contribution in [0, 0.1) is 58.2 Å². The van der Waals surface area contributed by atoms with E-state index in [1.54, 1.807) is 0 Å². The predicted octanol–water partition coefficient (Wildman–Crippen LogP) is 4.67. The molecule has 0 aromatic heterocycles. The van der Waals surface area contributed by atoms with Gasteiger partial charge in [-0.15, -0.1) is 0 Å². The van der Waals surface area contributed by atoms with Gasteiger partial charge in [0.05, 0.1) is 17.5 Å². The van der Waals surface area contributed by atoms with E-state index in [9.17, 15) is 23.4 Å². The number of amides is 1. The molecule has 4 N–H and O–H groups in total. The summed E-state index contributed by atoms with van der Waals surface area (Å²) >= 11 is 0. The minimum Gasteiger partial charge on any atom is -0.393 e. The molecule has 7 nitrogen and oxygen atoms in total. The monoisotopic (exact) mass is 555 g/mol. The summed E-state index contributed by atoms with van der Waals surface area (Å²) in [5.41, 5.74) is -0.445. The Bertz CT molecular complexity index is 983. The predicted molar refractivity (Wildman–Crippen MR) is 149 cm³/mol. The van der Waals surface area contributed by atoms with E-state index in [2.05, 4.69) is 39.9 Å². The third kappa shape index (κ3) is 5.21. The zero-order chi connectivity index (χ0) is 28.3. The van der Waals surface area contributed by atoms with Crippen LogP contribution in [-0.2, 0) is 14.9 Å². The first-order chi connectivity index (χ1) is 17.6. The first-order valence-electron chi connectivity index (χ1n) is 15.2. The molecule has 0 saturated heterocycles. The van der Waals surface area contributed by atoms with Crippen molar-refractivity contribution >= 4 is 16.0 Å². The Morgan fingerprint density at radius 3 is 2.26 bits per heavy atom. The molecule has 0 heterocycles. The van der Waals surface area contributed by atoms with Crippen molar-refractivity contribution in [1.29, 1.82) is 0 Å². The molecule has 12 atom stereocenters. The lowest BCUT2D eigenvalue weighted by Gasteiger charge is -2.68. The molecule has 38 heavy (non-hydrogen) atoms. The summed E-state index contributed by atoms with van der Waals surface area (Å²) in [6.45, 7) is 13.3. The van der Waals surface area contributed by atoms with Crippen LogP contribution >= 0.6 is 0 Å². The van der Waals surface area contributed by atoms with Crippen LogP contribution in [0.25, 0.3) is 0 Å². The van der Waals surface area contributed by atoms with E-state index in [0.717, 1.165) is 57.8 Å². The van der Waals surface area contributed by atoms with E-state index < -0.39 is 21.5 Å². The van der Waals surface area contributed by atoms with Crippen molar-refractivity contribution in [3.63, 3.8) is 0 Å². The highest BCUT2D eigenvalue weighted by Crippen LogP contribution is 2.71. The summed E-state index contributed by atoms with van der Waals surface area (Å²) in [7, 11) is -4.09. The van der Waals surface area contributed by atoms with Crippen LogP contribution in [0.4, 0.5) is 0 Å². The molecular formula is C30H53NO6S. The largest absolute Gasteiger partial charge is 0.393 e. The van der Waals surface area contributed by atoms with E-state index in [-0.39, 0.29) is 47.1 Å². The van der Waals surface area contributed by atoms with Gasteiger partial charge in [0, 0.05) is 12.5 Å². The first kappa shape index (κ1) is 30.3. The number of rotatable bonds is 8. The average molecular weight is 556 g/mol. The molecule has 4 rings (SSSR count). The van der Waals surface area contributed by atoms with Gasteiger partial charge in [0.2, 0.25) is 5.91 Å². The van der Waals surface area contributed by atoms with Gasteiger partial charge in [0.1, 0.15) is 0 Å². The third-order valence-electron chi connectivity index (χ3n) is 12.5. The molecule has 220 valence electrons. The maximum absolute atomic E-state index is 12.6. The molecule has 0 spiro atoms. The molecular weight excluding hydrogens is 502 g/mol. The highest BCUT2D eigenvalue weighted by atomic mass is 32.2. The highest BCUT2D eigenvalue weighted by Gasteiger charge is 2.68. The van der Waals surface area contributed by atoms with Crippen LogP contribution in [0.5, 0.6) is 0 Å². The Morgan fingerprint density at radius 2 is 1.63 bits per heavy atom. The van der Waals surface area contributed by atoms with Gasteiger partial charge in [-0.1, -0.05) is 41.0 Å². The molecule has 0 aliphatic heterocycles. The first-order valence-corrected chi connectivity index (χ1v) is 16.8. The van der Waals surface area contributed by atoms with Crippen LogP contribution in [0.15, 0.2) is 0 Å². The number of aliphatic hydroxyl groups is 2. The fourth-order valence-corrected chi connectivity index (χ4v) is 11.1. The quantitative estimate of drug-likeness (QED) is 0.323. The van der Waals surface area contributed by atoms with Crippen LogP contribution in [0.3, 0.4) is 0 Å². The van der Waals surface area contributed by atoms with E-state index in [1.807, 2.05) is 6.92 Å². The zero-order valence-corrected chi connectivity index (χ0v) is 25.3. The fraction of sp³-hybridized carbons (Fsp3) is 0.967. The van der Waals surface area contributed by atoms with Gasteiger partial charge < -0.3 is 15.5 Å². The summed E-state index contributed by atoms with van der Waals surface area (Å²) in [4.78, 5) is 12.6. The van der Waals surface area contributed by atoms with Gasteiger partial charge in [0.15, 0.2) is 0 Å². The topological polar surface area (TPSA) is 124 Å². The van der Waals surface area contributed by atoms with Gasteiger partial charge in [-0.05, 0) is 111 Å². The summed E-state index contributed by atoms with van der Waals surface area (Å²) in [6, 6.07) is 0. The van der Waals surface area contributed by atoms with Crippen molar-refractivity contribution in [2.24, 2.45) is 58.2 Å². The van der Waals surface area contributed by atoms with Gasteiger partial charge in [-0.3, -0.25) is 9.35 Å². The molecule has 3 unspecified atom stereocenters. The minimum atomic E-state index is -4.09. The zero-order valence-electron chi connectivity index (χ0n) is 24.4. The van der Waals surface area contributed by atoms with Gasteiger partial charge in [-0.25, -0.2) is 0 Å². The maximum Gasteiger partial charge on any atom is 0.266 e. The van der Waals surface area contributed by atoms with Crippen LogP contribution in [0.2, 0.25) is 0 Å². The normalized spacial score (nSPS) is 46.4. The molecule has 4 aliphatic rings. The van der Waals surface area contributed by atoms with Crippen molar-refractivity contribution in [1.82, 2.24) is 5.32 Å². The van der Waals surface area contributed by atoms with Crippen LogP contribution < -0.4 is 5.32 Å². The second kappa shape index (κ2) is 10.6. The van der Waals surface area contributed by atoms with Gasteiger partial charge in [-0.2, -0.15) is 8.42 Å². The highest BCUT2D eigenvalue weighted by molar-refractivity contribution is 7.85. The number of hydrogen-bond donors (Lipinski definition) is 4. The second-order valence-electron chi connectivity index (χ2n) is 14.4. The summed E-state index contributed by atoms with van der Waals surface area (Å²) < 4.78 is 30.9. The van der Waals surface area contributed by atoms with E-state index in [1.165, 1.54) is 0 Å². The molecule has 4 saturated carbocycles.